The fourth-order valence-corrected chi connectivity index (χ4v) is 3.79. The molecule has 40 heavy (non-hydrogen) atoms. The molecule has 0 heterocycles. The lowest BCUT2D eigenvalue weighted by Crippen LogP contribution is -2.42. The Morgan fingerprint density at radius 2 is 0.800 bits per heavy atom. The number of rotatable bonds is 23. The van der Waals surface area contributed by atoms with E-state index in [1.807, 2.05) is 0 Å². The number of carbonyl (C=O) groups is 6. The molecule has 0 aromatic heterocycles. The van der Waals surface area contributed by atoms with Crippen molar-refractivity contribution in [3.05, 3.63) is 0 Å². The topological polar surface area (TPSA) is 163 Å². The van der Waals surface area contributed by atoms with E-state index >= 15 is 0 Å². The number of ether oxygens (including phenoxy) is 4. The molecule has 0 spiro atoms. The number of amides is 2. The third kappa shape index (κ3) is 19.0. The van der Waals surface area contributed by atoms with Crippen molar-refractivity contribution >= 4 is 35.7 Å². The van der Waals surface area contributed by atoms with E-state index in [9.17, 15) is 28.8 Å². The number of unbranched alkanes of at least 4 members (excludes halogenated alkanes) is 5. The van der Waals surface area contributed by atoms with Gasteiger partial charge in [0, 0.05) is 25.7 Å². The van der Waals surface area contributed by atoms with Crippen LogP contribution in [0.25, 0.3) is 0 Å². The van der Waals surface area contributed by atoms with Crippen LogP contribution < -0.4 is 10.6 Å². The molecule has 230 valence electrons. The van der Waals surface area contributed by atoms with Gasteiger partial charge < -0.3 is 29.6 Å². The van der Waals surface area contributed by atoms with Crippen LogP contribution in [0.1, 0.15) is 105 Å². The van der Waals surface area contributed by atoms with Crippen molar-refractivity contribution in [1.82, 2.24) is 10.6 Å². The van der Waals surface area contributed by atoms with Crippen molar-refractivity contribution in [2.24, 2.45) is 0 Å². The smallest absolute Gasteiger partial charge is 0.328 e. The SMILES string of the molecule is CCOC(=O)CC[C@H](NC(=O)CCCCCCCCC(=O)N[C@H](CCC(=O)OCC)C(=O)OCC)C(=O)OCC. The Kier molecular flexibility index (Phi) is 21.8. The molecular formula is C28H48N2O10. The van der Waals surface area contributed by atoms with Gasteiger partial charge in [0.05, 0.1) is 26.4 Å². The van der Waals surface area contributed by atoms with Gasteiger partial charge in [-0.15, -0.1) is 0 Å². The van der Waals surface area contributed by atoms with Crippen LogP contribution in [0.5, 0.6) is 0 Å². The molecule has 0 fully saturated rings. The molecule has 12 heteroatoms. The molecular weight excluding hydrogens is 524 g/mol. The summed E-state index contributed by atoms with van der Waals surface area (Å²) in [5.74, 6) is -2.57. The van der Waals surface area contributed by atoms with Crippen LogP contribution in [0, 0.1) is 0 Å². The fourth-order valence-electron chi connectivity index (χ4n) is 3.79. The molecule has 0 aromatic carbocycles. The molecule has 0 radical (unpaired) electrons. The molecule has 12 nitrogen and oxygen atoms in total. The maximum absolute atomic E-state index is 12.3. The second kappa shape index (κ2) is 23.7. The van der Waals surface area contributed by atoms with Gasteiger partial charge in [-0.05, 0) is 53.4 Å². The minimum Gasteiger partial charge on any atom is -0.466 e. The van der Waals surface area contributed by atoms with E-state index in [-0.39, 0.29) is 76.8 Å². The quantitative estimate of drug-likeness (QED) is 0.106. The summed E-state index contributed by atoms with van der Waals surface area (Å²) in [6.07, 6.45) is 5.40. The third-order valence-electron chi connectivity index (χ3n) is 5.76. The van der Waals surface area contributed by atoms with Gasteiger partial charge in [-0.1, -0.05) is 25.7 Å². The molecule has 0 bridgehead atoms. The first-order chi connectivity index (χ1) is 19.2. The standard InChI is InChI=1S/C28H48N2O10/c1-5-37-25(33)19-17-21(27(35)39-7-3)29-23(31)15-13-11-9-10-12-14-16-24(32)30-22(28(36)40-8-4)18-20-26(34)38-6-2/h21-22H,5-20H2,1-4H3,(H,29,31)(H,30,32)/t21-,22+. The van der Waals surface area contributed by atoms with Gasteiger partial charge in [0.25, 0.3) is 0 Å². The Morgan fingerprint density at radius 1 is 0.475 bits per heavy atom. The Morgan fingerprint density at radius 3 is 1.12 bits per heavy atom. The van der Waals surface area contributed by atoms with Crippen molar-refractivity contribution in [3.63, 3.8) is 0 Å². The van der Waals surface area contributed by atoms with Crippen molar-refractivity contribution in [1.29, 1.82) is 0 Å². The summed E-state index contributed by atoms with van der Waals surface area (Å²) in [5, 5.41) is 5.30. The van der Waals surface area contributed by atoms with Gasteiger partial charge in [0.1, 0.15) is 12.1 Å². The van der Waals surface area contributed by atoms with Gasteiger partial charge in [-0.3, -0.25) is 19.2 Å². The zero-order chi connectivity index (χ0) is 30.2. The summed E-state index contributed by atoms with van der Waals surface area (Å²) in [7, 11) is 0. The molecule has 0 saturated carbocycles. The molecule has 2 atom stereocenters. The maximum atomic E-state index is 12.3. The Labute approximate surface area is 237 Å². The van der Waals surface area contributed by atoms with Crippen molar-refractivity contribution in [2.75, 3.05) is 26.4 Å². The van der Waals surface area contributed by atoms with Crippen LogP contribution in [-0.4, -0.2) is 74.2 Å². The summed E-state index contributed by atoms with van der Waals surface area (Å²) in [6.45, 7) is 7.57. The first-order valence-corrected chi connectivity index (χ1v) is 14.4. The fraction of sp³-hybridized carbons (Fsp3) is 0.786. The average Bonchev–Trinajstić information content (AvgIpc) is 2.90. The molecule has 0 aliphatic carbocycles. The lowest BCUT2D eigenvalue weighted by atomic mass is 10.1. The minimum atomic E-state index is -0.892. The second-order valence-corrected chi connectivity index (χ2v) is 9.05. The first kappa shape index (κ1) is 36.8. The number of hydrogen-bond donors (Lipinski definition) is 2. The number of hydrogen-bond acceptors (Lipinski definition) is 10. The Bertz CT molecular complexity index is 723. The molecule has 0 aliphatic rings. The van der Waals surface area contributed by atoms with Crippen LogP contribution in [0.2, 0.25) is 0 Å². The Hall–Kier alpha value is -3.18. The summed E-state index contributed by atoms with van der Waals surface area (Å²) < 4.78 is 19.7. The molecule has 0 aromatic rings. The van der Waals surface area contributed by atoms with E-state index in [1.54, 1.807) is 27.7 Å². The second-order valence-electron chi connectivity index (χ2n) is 9.05. The van der Waals surface area contributed by atoms with Crippen LogP contribution in [0.4, 0.5) is 0 Å². The highest BCUT2D eigenvalue weighted by atomic mass is 16.5. The molecule has 2 amide bonds. The lowest BCUT2D eigenvalue weighted by molar-refractivity contribution is -0.149. The van der Waals surface area contributed by atoms with E-state index in [2.05, 4.69) is 10.6 Å². The lowest BCUT2D eigenvalue weighted by Gasteiger charge is -2.17. The van der Waals surface area contributed by atoms with E-state index in [0.717, 1.165) is 25.7 Å². The van der Waals surface area contributed by atoms with Crippen molar-refractivity contribution < 1.29 is 47.7 Å². The highest BCUT2D eigenvalue weighted by Crippen LogP contribution is 2.10. The van der Waals surface area contributed by atoms with Gasteiger partial charge in [0.15, 0.2) is 0 Å². The summed E-state index contributed by atoms with van der Waals surface area (Å²) in [4.78, 5) is 72.0. The molecule has 2 N–H and O–H groups in total. The highest BCUT2D eigenvalue weighted by molar-refractivity contribution is 5.85. The van der Waals surface area contributed by atoms with Gasteiger partial charge in [-0.25, -0.2) is 9.59 Å². The van der Waals surface area contributed by atoms with Crippen molar-refractivity contribution in [2.45, 2.75) is 117 Å². The van der Waals surface area contributed by atoms with Gasteiger partial charge in [-0.2, -0.15) is 0 Å². The number of nitrogens with one attached hydrogen (secondary N) is 2. The van der Waals surface area contributed by atoms with Crippen LogP contribution in [-0.2, 0) is 47.7 Å². The summed E-state index contributed by atoms with van der Waals surface area (Å²) in [5.41, 5.74) is 0. The molecule has 0 unspecified atom stereocenters. The monoisotopic (exact) mass is 572 g/mol. The van der Waals surface area contributed by atoms with Crippen LogP contribution >= 0.6 is 0 Å². The van der Waals surface area contributed by atoms with E-state index in [4.69, 9.17) is 18.9 Å². The predicted octanol–water partition coefficient (Wildman–Crippen LogP) is 2.89. The molecule has 0 aliphatic heterocycles. The third-order valence-corrected chi connectivity index (χ3v) is 5.76. The molecule has 0 saturated heterocycles. The summed E-state index contributed by atoms with van der Waals surface area (Å²) in [6, 6.07) is -1.78. The number of esters is 4. The van der Waals surface area contributed by atoms with Gasteiger partial charge >= 0.3 is 23.9 Å². The van der Waals surface area contributed by atoms with Crippen molar-refractivity contribution in [3.8, 4) is 0 Å². The van der Waals surface area contributed by atoms with E-state index < -0.39 is 36.0 Å². The first-order valence-electron chi connectivity index (χ1n) is 14.4. The maximum Gasteiger partial charge on any atom is 0.328 e. The van der Waals surface area contributed by atoms with Crippen LogP contribution in [0.3, 0.4) is 0 Å². The minimum absolute atomic E-state index is 0.00665. The zero-order valence-electron chi connectivity index (χ0n) is 24.6. The average molecular weight is 573 g/mol. The largest absolute Gasteiger partial charge is 0.466 e. The zero-order valence-corrected chi connectivity index (χ0v) is 24.6. The normalized spacial score (nSPS) is 12.0. The Balaban J connectivity index is 4.24. The molecule has 0 rings (SSSR count). The van der Waals surface area contributed by atoms with E-state index in [0.29, 0.717) is 12.8 Å². The highest BCUT2D eigenvalue weighted by Gasteiger charge is 2.24. The van der Waals surface area contributed by atoms with Gasteiger partial charge in [0.2, 0.25) is 11.8 Å². The predicted molar refractivity (Wildman–Crippen MR) is 146 cm³/mol. The van der Waals surface area contributed by atoms with E-state index in [1.165, 1.54) is 0 Å². The summed E-state index contributed by atoms with van der Waals surface area (Å²) >= 11 is 0. The number of carbonyl (C=O) groups excluding carboxylic acids is 6. The van der Waals surface area contributed by atoms with Crippen LogP contribution in [0.15, 0.2) is 0 Å².